The lowest BCUT2D eigenvalue weighted by molar-refractivity contribution is -0.144. The summed E-state index contributed by atoms with van der Waals surface area (Å²) in [4.78, 5) is 17.3. The minimum absolute atomic E-state index is 0. The maximum atomic E-state index is 12.8. The van der Waals surface area contributed by atoms with E-state index in [1.54, 1.807) is 0 Å². The van der Waals surface area contributed by atoms with Gasteiger partial charge in [-0.2, -0.15) is 0 Å². The van der Waals surface area contributed by atoms with Crippen molar-refractivity contribution in [1.29, 1.82) is 0 Å². The van der Waals surface area contributed by atoms with Gasteiger partial charge in [-0.1, -0.05) is 13.8 Å². The van der Waals surface area contributed by atoms with E-state index in [0.717, 1.165) is 58.8 Å². The molecule has 23 heavy (non-hydrogen) atoms. The van der Waals surface area contributed by atoms with Crippen LogP contribution in [-0.4, -0.2) is 68.2 Å². The van der Waals surface area contributed by atoms with Gasteiger partial charge in [0.05, 0.1) is 12.0 Å². The van der Waals surface area contributed by atoms with Gasteiger partial charge in [0.15, 0.2) is 0 Å². The summed E-state index contributed by atoms with van der Waals surface area (Å²) in [6, 6.07) is 0. The quantitative estimate of drug-likeness (QED) is 0.774. The Bertz CT molecular complexity index is 332. The molecule has 0 spiro atoms. The second-order valence-corrected chi connectivity index (χ2v) is 6.51. The van der Waals surface area contributed by atoms with E-state index in [1.807, 2.05) is 4.90 Å². The van der Waals surface area contributed by atoms with Crippen LogP contribution in [0, 0.1) is 11.3 Å². The Morgan fingerprint density at radius 3 is 2.22 bits per heavy atom. The lowest BCUT2D eigenvalue weighted by Gasteiger charge is -2.40. The Kier molecular flexibility index (Phi) is 10.7. The molecule has 2 heterocycles. The molecule has 2 fully saturated rings. The number of piperazine rings is 1. The van der Waals surface area contributed by atoms with Gasteiger partial charge in [0, 0.05) is 45.9 Å². The average Bonchev–Trinajstić information content (AvgIpc) is 3.03. The van der Waals surface area contributed by atoms with Crippen LogP contribution in [0.15, 0.2) is 0 Å². The number of hydrogen-bond donors (Lipinski definition) is 1. The number of halogens is 2. The Labute approximate surface area is 153 Å². The lowest BCUT2D eigenvalue weighted by atomic mass is 9.81. The highest BCUT2D eigenvalue weighted by molar-refractivity contribution is 5.85. The SMILES string of the molecule is CCC(CC)(CN)C(=O)N1CCN(CC2CCOC2)CC1.Cl.Cl. The van der Waals surface area contributed by atoms with Crippen LogP contribution in [0.25, 0.3) is 0 Å². The number of carbonyl (C=O) groups is 1. The third-order valence-electron chi connectivity index (χ3n) is 5.40. The fourth-order valence-electron chi connectivity index (χ4n) is 3.49. The molecule has 2 N–H and O–H groups in total. The maximum Gasteiger partial charge on any atom is 0.230 e. The summed E-state index contributed by atoms with van der Waals surface area (Å²) in [7, 11) is 0. The highest BCUT2D eigenvalue weighted by Crippen LogP contribution is 2.28. The van der Waals surface area contributed by atoms with Gasteiger partial charge in [-0.05, 0) is 25.2 Å². The van der Waals surface area contributed by atoms with Crippen molar-refractivity contribution in [2.24, 2.45) is 17.1 Å². The van der Waals surface area contributed by atoms with E-state index >= 15 is 0 Å². The first-order chi connectivity index (χ1) is 10.1. The molecular weight excluding hydrogens is 337 g/mol. The van der Waals surface area contributed by atoms with Crippen molar-refractivity contribution in [2.75, 3.05) is 52.5 Å². The monoisotopic (exact) mass is 369 g/mol. The molecule has 0 aromatic heterocycles. The molecule has 0 radical (unpaired) electrons. The second kappa shape index (κ2) is 10.7. The molecule has 0 saturated carbocycles. The van der Waals surface area contributed by atoms with E-state index in [2.05, 4.69) is 18.7 Å². The van der Waals surface area contributed by atoms with Crippen LogP contribution in [0.3, 0.4) is 0 Å². The zero-order valence-corrected chi connectivity index (χ0v) is 16.1. The van der Waals surface area contributed by atoms with Gasteiger partial charge in [0.1, 0.15) is 0 Å². The first-order valence-corrected chi connectivity index (χ1v) is 8.44. The number of ether oxygens (including phenoxy) is 1. The summed E-state index contributed by atoms with van der Waals surface area (Å²) >= 11 is 0. The molecule has 138 valence electrons. The molecule has 1 unspecified atom stereocenters. The summed E-state index contributed by atoms with van der Waals surface area (Å²) in [6.07, 6.45) is 2.85. The molecule has 7 heteroatoms. The second-order valence-electron chi connectivity index (χ2n) is 6.51. The number of carbonyl (C=O) groups excluding carboxylic acids is 1. The van der Waals surface area contributed by atoms with Gasteiger partial charge in [0.2, 0.25) is 5.91 Å². The summed E-state index contributed by atoms with van der Waals surface area (Å²) in [6.45, 7) is 11.2. The summed E-state index contributed by atoms with van der Waals surface area (Å²) < 4.78 is 5.44. The molecule has 0 aromatic rings. The van der Waals surface area contributed by atoms with Crippen LogP contribution in [-0.2, 0) is 9.53 Å². The Morgan fingerprint density at radius 2 is 1.78 bits per heavy atom. The number of amides is 1. The van der Waals surface area contributed by atoms with Crippen molar-refractivity contribution in [1.82, 2.24) is 9.80 Å². The van der Waals surface area contributed by atoms with Crippen LogP contribution in [0.4, 0.5) is 0 Å². The van der Waals surface area contributed by atoms with Crippen LogP contribution in [0.1, 0.15) is 33.1 Å². The molecule has 2 rings (SSSR count). The van der Waals surface area contributed by atoms with Gasteiger partial charge in [-0.3, -0.25) is 9.69 Å². The fourth-order valence-corrected chi connectivity index (χ4v) is 3.49. The van der Waals surface area contributed by atoms with Crippen molar-refractivity contribution in [3.05, 3.63) is 0 Å². The first-order valence-electron chi connectivity index (χ1n) is 8.44. The minimum atomic E-state index is -0.346. The zero-order valence-electron chi connectivity index (χ0n) is 14.5. The molecule has 1 atom stereocenters. The van der Waals surface area contributed by atoms with E-state index in [4.69, 9.17) is 10.5 Å². The average molecular weight is 370 g/mol. The number of hydrogen-bond acceptors (Lipinski definition) is 4. The molecule has 0 bridgehead atoms. The molecule has 2 saturated heterocycles. The highest BCUT2D eigenvalue weighted by atomic mass is 35.5. The maximum absolute atomic E-state index is 12.8. The van der Waals surface area contributed by atoms with E-state index in [9.17, 15) is 4.79 Å². The predicted molar refractivity (Wildman–Crippen MR) is 98.5 cm³/mol. The van der Waals surface area contributed by atoms with Gasteiger partial charge in [-0.15, -0.1) is 24.8 Å². The van der Waals surface area contributed by atoms with Crippen LogP contribution < -0.4 is 5.73 Å². The Hall–Kier alpha value is -0.0700. The Balaban J connectivity index is 0.00000242. The molecule has 2 aliphatic heterocycles. The van der Waals surface area contributed by atoms with Gasteiger partial charge >= 0.3 is 0 Å². The van der Waals surface area contributed by atoms with Gasteiger partial charge in [-0.25, -0.2) is 0 Å². The predicted octanol–water partition coefficient (Wildman–Crippen LogP) is 1.78. The third kappa shape index (κ3) is 5.46. The van der Waals surface area contributed by atoms with Crippen LogP contribution >= 0.6 is 24.8 Å². The van der Waals surface area contributed by atoms with Crippen molar-refractivity contribution in [3.63, 3.8) is 0 Å². The van der Waals surface area contributed by atoms with E-state index in [1.165, 1.54) is 6.42 Å². The van der Waals surface area contributed by atoms with Crippen molar-refractivity contribution < 1.29 is 9.53 Å². The van der Waals surface area contributed by atoms with Gasteiger partial charge in [0.25, 0.3) is 0 Å². The molecule has 2 aliphatic rings. The molecule has 0 aliphatic carbocycles. The fraction of sp³-hybridized carbons (Fsp3) is 0.938. The Morgan fingerprint density at radius 1 is 1.17 bits per heavy atom. The van der Waals surface area contributed by atoms with Crippen LogP contribution in [0.2, 0.25) is 0 Å². The van der Waals surface area contributed by atoms with Gasteiger partial charge < -0.3 is 15.4 Å². The normalized spacial score (nSPS) is 22.4. The summed E-state index contributed by atoms with van der Waals surface area (Å²) in [5, 5.41) is 0. The van der Waals surface area contributed by atoms with Crippen molar-refractivity contribution >= 4 is 30.7 Å². The molecule has 0 aromatic carbocycles. The van der Waals surface area contributed by atoms with Crippen LogP contribution in [0.5, 0.6) is 0 Å². The smallest absolute Gasteiger partial charge is 0.230 e. The third-order valence-corrected chi connectivity index (χ3v) is 5.40. The molecule has 1 amide bonds. The lowest BCUT2D eigenvalue weighted by Crippen LogP contribution is -2.55. The van der Waals surface area contributed by atoms with Crippen molar-refractivity contribution in [2.45, 2.75) is 33.1 Å². The van der Waals surface area contributed by atoms with E-state index in [0.29, 0.717) is 12.5 Å². The zero-order chi connectivity index (χ0) is 15.3. The highest BCUT2D eigenvalue weighted by Gasteiger charge is 2.38. The number of rotatable bonds is 6. The van der Waals surface area contributed by atoms with Crippen molar-refractivity contribution in [3.8, 4) is 0 Å². The topological polar surface area (TPSA) is 58.8 Å². The standard InChI is InChI=1S/C16H31N3O2.2ClH/c1-3-16(4-2,13-17)15(20)19-8-6-18(7-9-19)11-14-5-10-21-12-14;;/h14H,3-13,17H2,1-2H3;2*1H. The number of nitrogens with zero attached hydrogens (tertiary/aromatic N) is 2. The largest absolute Gasteiger partial charge is 0.381 e. The minimum Gasteiger partial charge on any atom is -0.381 e. The number of nitrogens with two attached hydrogens (primary N) is 1. The molecule has 5 nitrogen and oxygen atoms in total. The molecular formula is C16H33Cl2N3O2. The summed E-state index contributed by atoms with van der Waals surface area (Å²) in [5.41, 5.74) is 5.55. The van der Waals surface area contributed by atoms with E-state index < -0.39 is 0 Å². The van der Waals surface area contributed by atoms with E-state index in [-0.39, 0.29) is 36.1 Å². The first kappa shape index (κ1) is 22.9. The summed E-state index contributed by atoms with van der Waals surface area (Å²) in [5.74, 6) is 0.945.